The van der Waals surface area contributed by atoms with E-state index in [9.17, 15) is 0 Å². The van der Waals surface area contributed by atoms with Gasteiger partial charge in [0.1, 0.15) is 5.82 Å². The van der Waals surface area contributed by atoms with Crippen LogP contribution in [-0.4, -0.2) is 45.4 Å². The molecule has 0 amide bonds. The van der Waals surface area contributed by atoms with Gasteiger partial charge in [0.2, 0.25) is 0 Å². The molecule has 4 nitrogen and oxygen atoms in total. The summed E-state index contributed by atoms with van der Waals surface area (Å²) in [6.07, 6.45) is 6.49. The third-order valence-electron chi connectivity index (χ3n) is 5.06. The van der Waals surface area contributed by atoms with Crippen molar-refractivity contribution >= 4 is 0 Å². The molecule has 0 aliphatic carbocycles. The Morgan fingerprint density at radius 1 is 1.05 bits per heavy atom. The van der Waals surface area contributed by atoms with Crippen molar-refractivity contribution in [1.82, 2.24) is 19.8 Å². The zero-order valence-electron chi connectivity index (χ0n) is 13.0. The van der Waals surface area contributed by atoms with Crippen molar-refractivity contribution in [2.24, 2.45) is 5.92 Å². The van der Waals surface area contributed by atoms with Crippen molar-refractivity contribution in [3.05, 3.63) is 54.1 Å². The Hall–Kier alpha value is -1.65. The maximum atomic E-state index is 4.40. The lowest BCUT2D eigenvalue weighted by atomic mass is 9.95. The van der Waals surface area contributed by atoms with Crippen LogP contribution in [0.2, 0.25) is 0 Å². The highest BCUT2D eigenvalue weighted by molar-refractivity contribution is 5.14. The molecule has 0 saturated carbocycles. The van der Waals surface area contributed by atoms with Gasteiger partial charge >= 0.3 is 0 Å². The van der Waals surface area contributed by atoms with E-state index in [-0.39, 0.29) is 0 Å². The number of nitrogens with zero attached hydrogens (tertiary/aromatic N) is 3. The molecule has 1 N–H and O–H groups in total. The van der Waals surface area contributed by atoms with E-state index < -0.39 is 0 Å². The first-order valence-corrected chi connectivity index (χ1v) is 8.35. The van der Waals surface area contributed by atoms with E-state index in [1.54, 1.807) is 0 Å². The number of aromatic amines is 1. The molecule has 3 saturated heterocycles. The third-order valence-corrected chi connectivity index (χ3v) is 5.06. The number of benzene rings is 1. The van der Waals surface area contributed by atoms with Crippen molar-refractivity contribution in [2.45, 2.75) is 32.0 Å². The monoisotopic (exact) mass is 296 g/mol. The fraction of sp³-hybridized carbons (Fsp3) is 0.500. The van der Waals surface area contributed by atoms with Gasteiger partial charge in [-0.25, -0.2) is 4.98 Å². The molecule has 2 atom stereocenters. The van der Waals surface area contributed by atoms with Gasteiger partial charge in [-0.15, -0.1) is 0 Å². The van der Waals surface area contributed by atoms with Gasteiger partial charge in [-0.3, -0.25) is 9.80 Å². The highest BCUT2D eigenvalue weighted by Crippen LogP contribution is 2.29. The second-order valence-electron chi connectivity index (χ2n) is 6.74. The maximum Gasteiger partial charge on any atom is 0.120 e. The fourth-order valence-electron chi connectivity index (χ4n) is 4.02. The van der Waals surface area contributed by atoms with E-state index in [0.29, 0.717) is 6.04 Å². The summed E-state index contributed by atoms with van der Waals surface area (Å²) in [6, 6.07) is 11.5. The van der Waals surface area contributed by atoms with E-state index >= 15 is 0 Å². The van der Waals surface area contributed by atoms with Gasteiger partial charge in [-0.1, -0.05) is 30.3 Å². The second kappa shape index (κ2) is 6.23. The van der Waals surface area contributed by atoms with Gasteiger partial charge in [0.25, 0.3) is 0 Å². The summed E-state index contributed by atoms with van der Waals surface area (Å²) in [5.74, 6) is 1.90. The van der Waals surface area contributed by atoms with Crippen molar-refractivity contribution in [3.8, 4) is 0 Å². The SMILES string of the molecule is c1ccc(CN2C[C@@H]3CC[C@H](C2)N(Cc2ncc[nH]2)C3)cc1. The van der Waals surface area contributed by atoms with Crippen molar-refractivity contribution in [3.63, 3.8) is 0 Å². The predicted molar refractivity (Wildman–Crippen MR) is 87.2 cm³/mol. The summed E-state index contributed by atoms with van der Waals surface area (Å²) in [7, 11) is 0. The second-order valence-corrected chi connectivity index (χ2v) is 6.74. The Kier molecular flexibility index (Phi) is 3.95. The van der Waals surface area contributed by atoms with E-state index in [1.807, 2.05) is 12.4 Å². The highest BCUT2D eigenvalue weighted by atomic mass is 15.3. The molecular weight excluding hydrogens is 272 g/mol. The van der Waals surface area contributed by atoms with Crippen LogP contribution in [0.4, 0.5) is 0 Å². The number of piperidine rings is 1. The molecule has 0 unspecified atom stereocenters. The third kappa shape index (κ3) is 3.08. The van der Waals surface area contributed by atoms with Gasteiger partial charge in [0.05, 0.1) is 6.54 Å². The van der Waals surface area contributed by atoms with Gasteiger partial charge < -0.3 is 4.98 Å². The summed E-state index contributed by atoms with van der Waals surface area (Å²) in [6.45, 7) is 5.69. The van der Waals surface area contributed by atoms with Gasteiger partial charge in [0, 0.05) is 44.6 Å². The van der Waals surface area contributed by atoms with E-state index in [4.69, 9.17) is 0 Å². The largest absolute Gasteiger partial charge is 0.348 e. The Bertz CT molecular complexity index is 580. The maximum absolute atomic E-state index is 4.40. The molecule has 116 valence electrons. The molecule has 0 spiro atoms. The van der Waals surface area contributed by atoms with Crippen molar-refractivity contribution in [1.29, 1.82) is 0 Å². The number of hydrogen-bond acceptors (Lipinski definition) is 3. The van der Waals surface area contributed by atoms with Crippen LogP contribution in [0.25, 0.3) is 0 Å². The molecular formula is C18H24N4. The minimum absolute atomic E-state index is 0.674. The number of imidazole rings is 1. The van der Waals surface area contributed by atoms with Crippen LogP contribution >= 0.6 is 0 Å². The van der Waals surface area contributed by atoms with Crippen LogP contribution in [0.3, 0.4) is 0 Å². The molecule has 5 rings (SSSR count). The van der Waals surface area contributed by atoms with Crippen LogP contribution in [0.1, 0.15) is 24.2 Å². The Morgan fingerprint density at radius 3 is 2.77 bits per heavy atom. The molecule has 4 heterocycles. The Balaban J connectivity index is 1.44. The minimum atomic E-state index is 0.674. The number of hydrogen-bond donors (Lipinski definition) is 1. The molecule has 3 aliphatic heterocycles. The van der Waals surface area contributed by atoms with Crippen LogP contribution in [-0.2, 0) is 13.1 Å². The molecule has 1 aromatic carbocycles. The number of aromatic nitrogens is 2. The molecule has 2 bridgehead atoms. The van der Waals surface area contributed by atoms with E-state index in [0.717, 1.165) is 24.8 Å². The molecule has 3 fully saturated rings. The summed E-state index contributed by atoms with van der Waals surface area (Å²) in [5.41, 5.74) is 1.43. The molecule has 4 heteroatoms. The smallest absolute Gasteiger partial charge is 0.120 e. The quantitative estimate of drug-likeness (QED) is 0.941. The van der Waals surface area contributed by atoms with E-state index in [1.165, 1.54) is 38.0 Å². The lowest BCUT2D eigenvalue weighted by molar-refractivity contribution is 0.120. The van der Waals surface area contributed by atoms with Gasteiger partial charge in [-0.2, -0.15) is 0 Å². The first-order chi connectivity index (χ1) is 10.9. The zero-order valence-corrected chi connectivity index (χ0v) is 13.0. The Labute approximate surface area is 132 Å². The normalized spacial score (nSPS) is 26.2. The number of H-pyrrole nitrogens is 1. The average molecular weight is 296 g/mol. The first kappa shape index (κ1) is 14.0. The Morgan fingerprint density at radius 2 is 1.95 bits per heavy atom. The lowest BCUT2D eigenvalue weighted by Crippen LogP contribution is -2.43. The first-order valence-electron chi connectivity index (χ1n) is 8.35. The number of rotatable bonds is 4. The van der Waals surface area contributed by atoms with Gasteiger partial charge in [0.15, 0.2) is 0 Å². The van der Waals surface area contributed by atoms with Gasteiger partial charge in [-0.05, 0) is 24.3 Å². The summed E-state index contributed by atoms with van der Waals surface area (Å²) >= 11 is 0. The molecule has 2 aromatic rings. The van der Waals surface area contributed by atoms with Crippen LogP contribution in [0.15, 0.2) is 42.7 Å². The molecule has 1 aromatic heterocycles. The standard InChI is InChI=1S/C18H24N4/c1-2-4-15(5-3-1)10-21-11-16-6-7-17(13-21)22(12-16)14-18-19-8-9-20-18/h1-5,8-9,16-17H,6-7,10-14H2,(H,19,20)/t16-,17+/m0/s1. The summed E-state index contributed by atoms with van der Waals surface area (Å²) in [5, 5.41) is 0. The predicted octanol–water partition coefficient (Wildman–Crippen LogP) is 2.51. The highest BCUT2D eigenvalue weighted by Gasteiger charge is 2.34. The fourth-order valence-corrected chi connectivity index (χ4v) is 4.02. The van der Waals surface area contributed by atoms with Crippen molar-refractivity contribution < 1.29 is 0 Å². The summed E-state index contributed by atoms with van der Waals surface area (Å²) in [4.78, 5) is 12.9. The number of fused-ring (bicyclic) bond motifs is 4. The average Bonchev–Trinajstić information content (AvgIpc) is 2.89. The molecule has 0 radical (unpaired) electrons. The van der Waals surface area contributed by atoms with Crippen molar-refractivity contribution in [2.75, 3.05) is 19.6 Å². The van der Waals surface area contributed by atoms with Crippen LogP contribution in [0, 0.1) is 5.92 Å². The van der Waals surface area contributed by atoms with Crippen LogP contribution < -0.4 is 0 Å². The van der Waals surface area contributed by atoms with Crippen LogP contribution in [0.5, 0.6) is 0 Å². The molecule has 3 aliphatic rings. The number of nitrogens with one attached hydrogen (secondary N) is 1. The summed E-state index contributed by atoms with van der Waals surface area (Å²) < 4.78 is 0. The lowest BCUT2D eigenvalue weighted by Gasteiger charge is -2.35. The topological polar surface area (TPSA) is 35.2 Å². The van der Waals surface area contributed by atoms with E-state index in [2.05, 4.69) is 50.1 Å². The minimum Gasteiger partial charge on any atom is -0.348 e. The molecule has 22 heavy (non-hydrogen) atoms. The zero-order chi connectivity index (χ0) is 14.8.